The van der Waals surface area contributed by atoms with Crippen LogP contribution in [0.25, 0.3) is 0 Å². The molecule has 1 N–H and O–H groups in total. The van der Waals surface area contributed by atoms with E-state index >= 15 is 0 Å². The Morgan fingerprint density at radius 1 is 1.08 bits per heavy atom. The van der Waals surface area contributed by atoms with Gasteiger partial charge in [0.1, 0.15) is 23.1 Å². The first-order chi connectivity index (χ1) is 17.6. The number of carbonyl (C=O) groups excluding carboxylic acids is 1. The molecule has 0 saturated heterocycles. The third-order valence-electron chi connectivity index (χ3n) is 6.00. The number of fused-ring (bicyclic) bond motifs is 1. The van der Waals surface area contributed by atoms with Gasteiger partial charge in [-0.1, -0.05) is 41.4 Å². The lowest BCUT2D eigenvalue weighted by molar-refractivity contribution is 0.0948. The summed E-state index contributed by atoms with van der Waals surface area (Å²) < 4.78 is 11.4. The Labute approximate surface area is 223 Å². The largest absolute Gasteiger partial charge is 0.488 e. The molecule has 1 aliphatic rings. The van der Waals surface area contributed by atoms with Crippen molar-refractivity contribution in [2.45, 2.75) is 38.8 Å². The third kappa shape index (κ3) is 5.67. The number of aryl methyl sites for hydroxylation is 1. The topological polar surface area (TPSA) is 63.8 Å². The van der Waals surface area contributed by atoms with Gasteiger partial charge in [-0.3, -0.25) is 4.79 Å². The van der Waals surface area contributed by atoms with E-state index in [2.05, 4.69) is 5.32 Å². The first kappa shape index (κ1) is 24.6. The van der Waals surface area contributed by atoms with Crippen molar-refractivity contribution < 1.29 is 13.9 Å². The highest BCUT2D eigenvalue weighted by Crippen LogP contribution is 2.40. The van der Waals surface area contributed by atoms with Crippen LogP contribution < -0.4 is 10.1 Å². The zero-order valence-electron chi connectivity index (χ0n) is 19.4. The van der Waals surface area contributed by atoms with Gasteiger partial charge in [-0.15, -0.1) is 11.3 Å². The molecule has 184 valence electrons. The molecule has 0 bridgehead atoms. The van der Waals surface area contributed by atoms with E-state index in [1.165, 1.54) is 4.88 Å². The molecule has 4 aromatic rings. The van der Waals surface area contributed by atoms with Crippen LogP contribution in [-0.4, -0.2) is 12.1 Å². The number of rotatable bonds is 8. The van der Waals surface area contributed by atoms with Gasteiger partial charge in [-0.05, 0) is 73.2 Å². The Kier molecular flexibility index (Phi) is 7.75. The summed E-state index contributed by atoms with van der Waals surface area (Å²) in [4.78, 5) is 19.2. The number of amides is 1. The van der Waals surface area contributed by atoms with Gasteiger partial charge in [0.25, 0.3) is 5.91 Å². The van der Waals surface area contributed by atoms with Crippen molar-refractivity contribution in [1.29, 1.82) is 0 Å². The van der Waals surface area contributed by atoms with Crippen LogP contribution >= 0.6 is 34.5 Å². The lowest BCUT2D eigenvalue weighted by atomic mass is 9.95. The summed E-state index contributed by atoms with van der Waals surface area (Å²) >= 11 is 13.8. The fourth-order valence-electron chi connectivity index (χ4n) is 4.18. The smallest absolute Gasteiger partial charge is 0.255 e. The molecular weight excluding hydrogens is 515 g/mol. The van der Waals surface area contributed by atoms with Gasteiger partial charge in [-0.25, -0.2) is 4.99 Å². The minimum Gasteiger partial charge on any atom is -0.488 e. The normalized spacial score (nSPS) is 13.1. The molecular formula is C28H24Cl2N2O3S. The number of benzene rings is 2. The van der Waals surface area contributed by atoms with E-state index < -0.39 is 0 Å². The molecule has 0 saturated carbocycles. The van der Waals surface area contributed by atoms with Crippen LogP contribution in [-0.2, 0) is 26.0 Å². The van der Waals surface area contributed by atoms with Crippen molar-refractivity contribution in [2.75, 3.05) is 0 Å². The quantitative estimate of drug-likeness (QED) is 0.233. The Balaban J connectivity index is 1.37. The zero-order chi connectivity index (χ0) is 24.9. The Hall–Kier alpha value is -3.06. The summed E-state index contributed by atoms with van der Waals surface area (Å²) in [5, 5.41) is 4.71. The van der Waals surface area contributed by atoms with Crippen LogP contribution in [0.15, 0.2) is 70.3 Å². The first-order valence-electron chi connectivity index (χ1n) is 11.7. The number of thiophene rings is 1. The number of furan rings is 1. The van der Waals surface area contributed by atoms with Crippen LogP contribution in [0.5, 0.6) is 5.75 Å². The van der Waals surface area contributed by atoms with E-state index in [1.807, 2.05) is 42.5 Å². The summed E-state index contributed by atoms with van der Waals surface area (Å²) in [6, 6.07) is 16.8. The minimum atomic E-state index is -0.123. The van der Waals surface area contributed by atoms with E-state index in [1.54, 1.807) is 35.9 Å². The lowest BCUT2D eigenvalue weighted by Gasteiger charge is -2.12. The van der Waals surface area contributed by atoms with E-state index in [9.17, 15) is 4.79 Å². The molecule has 0 fully saturated rings. The summed E-state index contributed by atoms with van der Waals surface area (Å²) in [6.07, 6.45) is 7.47. The average molecular weight is 539 g/mol. The van der Waals surface area contributed by atoms with Gasteiger partial charge in [0.15, 0.2) is 0 Å². The molecule has 36 heavy (non-hydrogen) atoms. The summed E-state index contributed by atoms with van der Waals surface area (Å²) in [7, 11) is 0. The van der Waals surface area contributed by atoms with E-state index in [4.69, 9.17) is 37.3 Å². The molecule has 0 radical (unpaired) electrons. The molecule has 1 amide bonds. The van der Waals surface area contributed by atoms with Crippen molar-refractivity contribution in [3.63, 3.8) is 0 Å². The van der Waals surface area contributed by atoms with Gasteiger partial charge in [0, 0.05) is 16.7 Å². The standard InChI is InChI=1S/C28H24Cl2N2O3S/c29-22-12-11-18(14-23(22)30)17-35-24-9-3-1-6-19(24)15-32-28-26(21-8-2-4-10-25(21)36-28)27(33)31-16-20-7-5-13-34-20/h1,3,5-7,9,11-15H,2,4,8,10,16-17H2,(H,31,33). The van der Waals surface area contributed by atoms with Crippen molar-refractivity contribution >= 4 is 51.7 Å². The highest BCUT2D eigenvalue weighted by atomic mass is 35.5. The van der Waals surface area contributed by atoms with Crippen LogP contribution in [0.4, 0.5) is 5.00 Å². The number of carbonyl (C=O) groups is 1. The second-order valence-corrected chi connectivity index (χ2v) is 10.4. The number of nitrogens with zero attached hydrogens (tertiary/aromatic N) is 1. The minimum absolute atomic E-state index is 0.123. The lowest BCUT2D eigenvalue weighted by Crippen LogP contribution is -2.23. The Bertz CT molecular complexity index is 1400. The molecule has 0 unspecified atom stereocenters. The third-order valence-corrected chi connectivity index (χ3v) is 7.94. The maximum atomic E-state index is 13.2. The summed E-state index contributed by atoms with van der Waals surface area (Å²) in [5.41, 5.74) is 3.54. The van der Waals surface area contributed by atoms with Gasteiger partial charge < -0.3 is 14.5 Å². The molecule has 8 heteroatoms. The summed E-state index contributed by atoms with van der Waals surface area (Å²) in [5.74, 6) is 1.28. The zero-order valence-corrected chi connectivity index (χ0v) is 21.8. The van der Waals surface area contributed by atoms with Gasteiger partial charge in [0.2, 0.25) is 0 Å². The number of hydrogen-bond acceptors (Lipinski definition) is 5. The predicted octanol–water partition coefficient (Wildman–Crippen LogP) is 7.79. The average Bonchev–Trinajstić information content (AvgIpc) is 3.55. The van der Waals surface area contributed by atoms with Gasteiger partial charge in [0.05, 0.1) is 28.4 Å². The first-order valence-corrected chi connectivity index (χ1v) is 13.3. The van der Waals surface area contributed by atoms with Crippen LogP contribution in [0.2, 0.25) is 10.0 Å². The number of halogens is 2. The highest BCUT2D eigenvalue weighted by molar-refractivity contribution is 7.16. The fourth-order valence-corrected chi connectivity index (χ4v) is 5.73. The molecule has 5 nitrogen and oxygen atoms in total. The van der Waals surface area contributed by atoms with Gasteiger partial charge in [-0.2, -0.15) is 0 Å². The Morgan fingerprint density at radius 3 is 2.78 bits per heavy atom. The number of ether oxygens (including phenoxy) is 1. The maximum Gasteiger partial charge on any atom is 0.255 e. The predicted molar refractivity (Wildman–Crippen MR) is 145 cm³/mol. The SMILES string of the molecule is O=C(NCc1ccco1)c1c(N=Cc2ccccc2OCc2ccc(Cl)c(Cl)c2)sc2c1CCCC2. The molecule has 1 aliphatic carbocycles. The number of para-hydroxylation sites is 1. The molecule has 0 atom stereocenters. The van der Waals surface area contributed by atoms with Gasteiger partial charge >= 0.3 is 0 Å². The van der Waals surface area contributed by atoms with E-state index in [0.29, 0.717) is 40.3 Å². The molecule has 0 aliphatic heterocycles. The van der Waals surface area contributed by atoms with Crippen molar-refractivity contribution in [2.24, 2.45) is 4.99 Å². The van der Waals surface area contributed by atoms with Crippen LogP contribution in [0, 0.1) is 0 Å². The van der Waals surface area contributed by atoms with Crippen LogP contribution in [0.1, 0.15) is 50.5 Å². The maximum absolute atomic E-state index is 13.2. The second kappa shape index (κ2) is 11.3. The molecule has 2 aromatic heterocycles. The molecule has 5 rings (SSSR count). The number of aliphatic imine (C=N–C) groups is 1. The van der Waals surface area contributed by atoms with E-state index in [0.717, 1.165) is 47.4 Å². The second-order valence-electron chi connectivity index (χ2n) is 8.49. The van der Waals surface area contributed by atoms with E-state index in [-0.39, 0.29) is 5.91 Å². The van der Waals surface area contributed by atoms with Crippen LogP contribution in [0.3, 0.4) is 0 Å². The number of nitrogens with one attached hydrogen (secondary N) is 1. The highest BCUT2D eigenvalue weighted by Gasteiger charge is 2.25. The molecule has 0 spiro atoms. The molecule has 2 aromatic carbocycles. The number of hydrogen-bond donors (Lipinski definition) is 1. The van der Waals surface area contributed by atoms with Crippen molar-refractivity contribution in [3.8, 4) is 5.75 Å². The van der Waals surface area contributed by atoms with Crippen molar-refractivity contribution in [3.05, 3.63) is 104 Å². The van der Waals surface area contributed by atoms with Crippen molar-refractivity contribution in [1.82, 2.24) is 5.32 Å². The Morgan fingerprint density at radius 2 is 1.94 bits per heavy atom. The fraction of sp³-hybridized carbons (Fsp3) is 0.214. The molecule has 2 heterocycles. The monoisotopic (exact) mass is 538 g/mol. The summed E-state index contributed by atoms with van der Waals surface area (Å²) in [6.45, 7) is 0.681.